The maximum atomic E-state index is 12.5. The van der Waals surface area contributed by atoms with Crippen molar-refractivity contribution >= 4 is 51.4 Å². The van der Waals surface area contributed by atoms with Crippen molar-refractivity contribution in [1.29, 1.82) is 0 Å². The molecule has 2 aliphatic rings. The Labute approximate surface area is 218 Å². The fraction of sp³-hybridized carbons (Fsp3) is 0.346. The van der Waals surface area contributed by atoms with Gasteiger partial charge in [0.25, 0.3) is 5.91 Å². The third-order valence-corrected chi connectivity index (χ3v) is 7.66. The zero-order valence-electron chi connectivity index (χ0n) is 20.0. The first-order valence-corrected chi connectivity index (χ1v) is 12.9. The summed E-state index contributed by atoms with van der Waals surface area (Å²) in [5, 5.41) is 26.3. The predicted molar refractivity (Wildman–Crippen MR) is 142 cm³/mol. The third-order valence-electron chi connectivity index (χ3n) is 6.27. The molecule has 2 aliphatic heterocycles. The average molecular weight is 527 g/mol. The Morgan fingerprint density at radius 1 is 1.28 bits per heavy atom. The van der Waals surface area contributed by atoms with E-state index in [0.29, 0.717) is 41.3 Å². The van der Waals surface area contributed by atoms with E-state index in [0.717, 1.165) is 27.6 Å². The molecule has 2 N–H and O–H groups in total. The number of halogens is 1. The molecule has 1 saturated heterocycles. The molecule has 1 amide bonds. The van der Waals surface area contributed by atoms with E-state index in [2.05, 4.69) is 10.1 Å². The molecule has 5 rings (SSSR count). The highest BCUT2D eigenvalue weighted by atomic mass is 35.5. The van der Waals surface area contributed by atoms with Gasteiger partial charge in [0.1, 0.15) is 0 Å². The molecule has 0 unspecified atom stereocenters. The molecule has 0 saturated carbocycles. The van der Waals surface area contributed by atoms with Crippen LogP contribution in [0.1, 0.15) is 30.5 Å². The lowest BCUT2D eigenvalue weighted by atomic mass is 9.97. The molecule has 0 radical (unpaired) electrons. The van der Waals surface area contributed by atoms with Crippen molar-refractivity contribution in [3.05, 3.63) is 69.2 Å². The predicted octanol–water partition coefficient (Wildman–Crippen LogP) is 3.63. The van der Waals surface area contributed by atoms with E-state index in [4.69, 9.17) is 16.3 Å². The number of thioether (sulfide) groups is 1. The van der Waals surface area contributed by atoms with Crippen LogP contribution in [0.4, 0.5) is 0 Å². The smallest absolute Gasteiger partial charge is 0.286 e. The number of nitrogens with zero attached hydrogens (tertiary/aromatic N) is 4. The average Bonchev–Trinajstić information content (AvgIpc) is 3.42. The van der Waals surface area contributed by atoms with Crippen LogP contribution < -0.4 is 0 Å². The molecule has 3 heterocycles. The molecular weight excluding hydrogens is 500 g/mol. The number of amides is 1. The highest BCUT2D eigenvalue weighted by Crippen LogP contribution is 2.32. The molecule has 36 heavy (non-hydrogen) atoms. The number of aliphatic hydroxyl groups is 2. The highest BCUT2D eigenvalue weighted by Gasteiger charge is 2.29. The number of aliphatic imine (C=N–C) groups is 1. The second kappa shape index (κ2) is 9.99. The second-order valence-corrected chi connectivity index (χ2v) is 10.8. The van der Waals surface area contributed by atoms with Crippen LogP contribution in [0.15, 0.2) is 52.5 Å². The number of ether oxygens (including phenoxy) is 1. The molecule has 0 spiro atoms. The molecule has 0 aliphatic carbocycles. The summed E-state index contributed by atoms with van der Waals surface area (Å²) in [5.41, 5.74) is 2.54. The molecule has 0 bridgehead atoms. The number of morpholine rings is 1. The number of fused-ring (bicyclic) bond motifs is 1. The van der Waals surface area contributed by atoms with E-state index in [1.807, 2.05) is 46.0 Å². The van der Waals surface area contributed by atoms with Gasteiger partial charge in [-0.15, -0.1) is 0 Å². The van der Waals surface area contributed by atoms with Crippen molar-refractivity contribution < 1.29 is 19.7 Å². The Morgan fingerprint density at radius 2 is 2.11 bits per heavy atom. The molecule has 10 heteroatoms. The number of aliphatic hydroxyl groups excluding tert-OH is 1. The van der Waals surface area contributed by atoms with Gasteiger partial charge in [-0.2, -0.15) is 10.1 Å². The number of aromatic nitrogens is 2. The standard InChI is InChI=1S/C26H27ClN4O4S/c1-26(2,34)19-5-4-17(21(27)11-19)13-31-22-6-3-16(9-18(22)12-28-31)10-23-24(33)29-25(36-23)30-7-8-35-20(14-30)15-32/h3-6,9-12,20,32,34H,7-8,13-15H2,1-2H3/b23-10-/t20-/m1/s1. The van der Waals surface area contributed by atoms with Crippen molar-refractivity contribution in [1.82, 2.24) is 14.7 Å². The van der Waals surface area contributed by atoms with E-state index in [9.17, 15) is 15.0 Å². The quantitative estimate of drug-likeness (QED) is 0.490. The van der Waals surface area contributed by atoms with Crippen LogP contribution in [-0.4, -0.2) is 68.4 Å². The summed E-state index contributed by atoms with van der Waals surface area (Å²) in [5.74, 6) is -0.262. The third kappa shape index (κ3) is 5.21. The first-order chi connectivity index (χ1) is 17.2. The monoisotopic (exact) mass is 526 g/mol. The molecule has 1 aromatic heterocycles. The topological polar surface area (TPSA) is 100 Å². The summed E-state index contributed by atoms with van der Waals surface area (Å²) >= 11 is 7.84. The highest BCUT2D eigenvalue weighted by molar-refractivity contribution is 8.18. The molecule has 188 valence electrons. The van der Waals surface area contributed by atoms with Crippen LogP contribution in [0.5, 0.6) is 0 Å². The van der Waals surface area contributed by atoms with Crippen molar-refractivity contribution in [2.24, 2.45) is 4.99 Å². The minimum absolute atomic E-state index is 0.0584. The molecule has 2 aromatic carbocycles. The summed E-state index contributed by atoms with van der Waals surface area (Å²) in [6, 6.07) is 11.5. The summed E-state index contributed by atoms with van der Waals surface area (Å²) in [7, 11) is 0. The van der Waals surface area contributed by atoms with Crippen LogP contribution in [0.25, 0.3) is 17.0 Å². The largest absolute Gasteiger partial charge is 0.394 e. The number of hydrogen-bond acceptors (Lipinski definition) is 7. The molecule has 1 fully saturated rings. The van der Waals surface area contributed by atoms with E-state index in [1.54, 1.807) is 26.1 Å². The van der Waals surface area contributed by atoms with Gasteiger partial charge in [0.15, 0.2) is 5.17 Å². The number of hydrogen-bond donors (Lipinski definition) is 2. The van der Waals surface area contributed by atoms with Gasteiger partial charge in [-0.3, -0.25) is 9.48 Å². The normalized spacial score (nSPS) is 20.0. The van der Waals surface area contributed by atoms with E-state index in [1.165, 1.54) is 11.8 Å². The van der Waals surface area contributed by atoms with Gasteiger partial charge >= 0.3 is 0 Å². The van der Waals surface area contributed by atoms with Gasteiger partial charge in [0, 0.05) is 23.5 Å². The van der Waals surface area contributed by atoms with E-state index in [-0.39, 0.29) is 18.6 Å². The Hall–Kier alpha value is -2.69. The summed E-state index contributed by atoms with van der Waals surface area (Å²) < 4.78 is 7.37. The molecular formula is C26H27ClN4O4S. The Bertz CT molecular complexity index is 1380. The fourth-order valence-corrected chi connectivity index (χ4v) is 5.42. The second-order valence-electron chi connectivity index (χ2n) is 9.42. The van der Waals surface area contributed by atoms with Gasteiger partial charge in [0.05, 0.1) is 48.1 Å². The lowest BCUT2D eigenvalue weighted by Crippen LogP contribution is -2.45. The minimum atomic E-state index is -0.958. The number of benzene rings is 2. The maximum Gasteiger partial charge on any atom is 0.286 e. The Morgan fingerprint density at radius 3 is 2.86 bits per heavy atom. The van der Waals surface area contributed by atoms with E-state index >= 15 is 0 Å². The summed E-state index contributed by atoms with van der Waals surface area (Å²) in [6.45, 7) is 5.54. The first-order valence-electron chi connectivity index (χ1n) is 11.7. The number of amidine groups is 1. The SMILES string of the molecule is CC(C)(O)c1ccc(Cn2ncc3cc(/C=C4\SC(N5CCO[C@@H](CO)C5)=NC4=O)ccc32)c(Cl)c1. The van der Waals surface area contributed by atoms with Gasteiger partial charge < -0.3 is 19.8 Å². The van der Waals surface area contributed by atoms with Gasteiger partial charge in [-0.05, 0) is 66.6 Å². The van der Waals surface area contributed by atoms with Gasteiger partial charge in [0.2, 0.25) is 0 Å². The van der Waals surface area contributed by atoms with E-state index < -0.39 is 5.60 Å². The molecule has 3 aromatic rings. The lowest BCUT2D eigenvalue weighted by Gasteiger charge is -2.32. The van der Waals surface area contributed by atoms with Crippen molar-refractivity contribution in [3.63, 3.8) is 0 Å². The van der Waals surface area contributed by atoms with Crippen LogP contribution in [-0.2, 0) is 21.7 Å². The minimum Gasteiger partial charge on any atom is -0.394 e. The van der Waals surface area contributed by atoms with Crippen LogP contribution in [0.3, 0.4) is 0 Å². The lowest BCUT2D eigenvalue weighted by molar-refractivity contribution is -0.113. The van der Waals surface area contributed by atoms with Crippen LogP contribution in [0.2, 0.25) is 5.02 Å². The number of rotatable bonds is 5. The number of carbonyl (C=O) groups is 1. The van der Waals surface area contributed by atoms with Gasteiger partial charge in [-0.1, -0.05) is 29.8 Å². The first kappa shape index (κ1) is 25.0. The maximum absolute atomic E-state index is 12.5. The van der Waals surface area contributed by atoms with Gasteiger partial charge in [-0.25, -0.2) is 0 Å². The van der Waals surface area contributed by atoms with Crippen molar-refractivity contribution in [2.45, 2.75) is 32.1 Å². The molecule has 1 atom stereocenters. The van der Waals surface area contributed by atoms with Crippen molar-refractivity contribution in [3.8, 4) is 0 Å². The fourth-order valence-electron chi connectivity index (χ4n) is 4.23. The Kier molecular flexibility index (Phi) is 6.93. The zero-order valence-corrected chi connectivity index (χ0v) is 21.6. The summed E-state index contributed by atoms with van der Waals surface area (Å²) in [4.78, 5) is 19.3. The van der Waals surface area contributed by atoms with Crippen LogP contribution >= 0.6 is 23.4 Å². The zero-order chi connectivity index (χ0) is 25.4. The Balaban J connectivity index is 1.32. The van der Waals surface area contributed by atoms with Crippen LogP contribution in [0, 0.1) is 0 Å². The number of carbonyl (C=O) groups excluding carboxylic acids is 1. The van der Waals surface area contributed by atoms with Crippen molar-refractivity contribution in [2.75, 3.05) is 26.3 Å². The summed E-state index contributed by atoms with van der Waals surface area (Å²) in [6.07, 6.45) is 3.37. The molecule has 8 nitrogen and oxygen atoms in total.